The van der Waals surface area contributed by atoms with Crippen LogP contribution in [0.1, 0.15) is 54.7 Å². The Morgan fingerprint density at radius 1 is 1.11 bits per heavy atom. The van der Waals surface area contributed by atoms with Crippen molar-refractivity contribution in [2.45, 2.75) is 50.9 Å². The third-order valence-electron chi connectivity index (χ3n) is 4.62. The molecule has 2 aliphatic rings. The topological polar surface area (TPSA) is 32.3 Å². The molecule has 1 heterocycles. The third kappa shape index (κ3) is 2.68. The highest BCUT2D eigenvalue weighted by Crippen LogP contribution is 2.42. The molecule has 0 saturated carbocycles. The number of piperidine rings is 1. The molecule has 1 aliphatic carbocycles. The van der Waals surface area contributed by atoms with Crippen molar-refractivity contribution < 1.29 is 5.11 Å². The van der Waals surface area contributed by atoms with Crippen molar-refractivity contribution >= 4 is 15.9 Å². The van der Waals surface area contributed by atoms with Crippen molar-refractivity contribution in [3.8, 4) is 5.75 Å². The van der Waals surface area contributed by atoms with Gasteiger partial charge in [0.05, 0.1) is 4.47 Å². The summed E-state index contributed by atoms with van der Waals surface area (Å²) in [4.78, 5) is 0. The summed E-state index contributed by atoms with van der Waals surface area (Å²) in [7, 11) is 0. The summed E-state index contributed by atoms with van der Waals surface area (Å²) in [5.41, 5.74) is 4.00. The molecule has 1 aliphatic heterocycles. The smallest absolute Gasteiger partial charge is 0.133 e. The number of aromatic hydroxyl groups is 1. The quantitative estimate of drug-likeness (QED) is 0.768. The molecule has 19 heavy (non-hydrogen) atoms. The zero-order chi connectivity index (χ0) is 13.2. The van der Waals surface area contributed by atoms with E-state index < -0.39 is 0 Å². The first-order chi connectivity index (χ1) is 9.27. The van der Waals surface area contributed by atoms with Crippen LogP contribution in [0.4, 0.5) is 0 Å². The van der Waals surface area contributed by atoms with E-state index in [1.807, 2.05) is 0 Å². The highest BCUT2D eigenvalue weighted by atomic mass is 79.9. The largest absolute Gasteiger partial charge is 0.506 e. The van der Waals surface area contributed by atoms with Gasteiger partial charge in [0.15, 0.2) is 0 Å². The zero-order valence-electron chi connectivity index (χ0n) is 11.3. The standard InChI is InChI=1S/C16H22BrNO/c17-15-13-5-3-1-2-4-12(13)10-14(16(15)19)11-6-8-18-9-7-11/h10-11,18-19H,1-9H2. The molecule has 2 nitrogen and oxygen atoms in total. The first kappa shape index (κ1) is 13.4. The van der Waals surface area contributed by atoms with Crippen LogP contribution in [0.15, 0.2) is 10.5 Å². The molecule has 104 valence electrons. The number of hydrogen-bond acceptors (Lipinski definition) is 2. The van der Waals surface area contributed by atoms with Crippen LogP contribution < -0.4 is 5.32 Å². The molecule has 0 unspecified atom stereocenters. The number of fused-ring (bicyclic) bond motifs is 1. The van der Waals surface area contributed by atoms with Gasteiger partial charge in [0.1, 0.15) is 5.75 Å². The van der Waals surface area contributed by atoms with Crippen molar-refractivity contribution in [1.82, 2.24) is 5.32 Å². The van der Waals surface area contributed by atoms with Crippen molar-refractivity contribution in [3.05, 3.63) is 27.2 Å². The van der Waals surface area contributed by atoms with E-state index in [1.54, 1.807) is 0 Å². The fourth-order valence-corrected chi connectivity index (χ4v) is 4.17. The van der Waals surface area contributed by atoms with E-state index in [4.69, 9.17) is 0 Å². The third-order valence-corrected chi connectivity index (χ3v) is 5.47. The molecule has 0 spiro atoms. The zero-order valence-corrected chi connectivity index (χ0v) is 12.9. The number of aryl methyl sites for hydroxylation is 1. The van der Waals surface area contributed by atoms with E-state index in [0.29, 0.717) is 11.7 Å². The van der Waals surface area contributed by atoms with Gasteiger partial charge in [-0.05, 0) is 90.2 Å². The SMILES string of the molecule is Oc1c(C2CCNCC2)cc2c(c1Br)CCCCC2. The molecule has 2 N–H and O–H groups in total. The molecule has 0 atom stereocenters. The van der Waals surface area contributed by atoms with Crippen LogP contribution in [0.3, 0.4) is 0 Å². The lowest BCUT2D eigenvalue weighted by Crippen LogP contribution is -2.26. The second-order valence-electron chi connectivity index (χ2n) is 5.85. The Hall–Kier alpha value is -0.540. The Morgan fingerprint density at radius 2 is 1.84 bits per heavy atom. The molecule has 3 heteroatoms. The predicted molar refractivity (Wildman–Crippen MR) is 81.9 cm³/mol. The summed E-state index contributed by atoms with van der Waals surface area (Å²) in [6.45, 7) is 2.14. The summed E-state index contributed by atoms with van der Waals surface area (Å²) < 4.78 is 0.973. The monoisotopic (exact) mass is 323 g/mol. The summed E-state index contributed by atoms with van der Waals surface area (Å²) >= 11 is 3.65. The summed E-state index contributed by atoms with van der Waals surface area (Å²) in [6.07, 6.45) is 8.40. The minimum absolute atomic E-state index is 0.507. The van der Waals surface area contributed by atoms with Gasteiger partial charge in [0.25, 0.3) is 0 Å². The van der Waals surface area contributed by atoms with Gasteiger partial charge >= 0.3 is 0 Å². The number of phenols is 1. The molecule has 1 fully saturated rings. The number of hydrogen-bond donors (Lipinski definition) is 2. The molecule has 0 bridgehead atoms. The van der Waals surface area contributed by atoms with E-state index in [2.05, 4.69) is 27.3 Å². The minimum Gasteiger partial charge on any atom is -0.506 e. The van der Waals surface area contributed by atoms with Crippen molar-refractivity contribution in [1.29, 1.82) is 0 Å². The fraction of sp³-hybridized carbons (Fsp3) is 0.625. The maximum Gasteiger partial charge on any atom is 0.133 e. The van der Waals surface area contributed by atoms with Gasteiger partial charge < -0.3 is 10.4 Å². The molecule has 0 aromatic heterocycles. The van der Waals surface area contributed by atoms with E-state index in [1.165, 1.54) is 42.4 Å². The summed E-state index contributed by atoms with van der Waals surface area (Å²) in [5.74, 6) is 1.03. The Labute approximate surface area is 123 Å². The lowest BCUT2D eigenvalue weighted by atomic mass is 9.86. The van der Waals surface area contributed by atoms with Crippen molar-refractivity contribution in [2.24, 2.45) is 0 Å². The van der Waals surface area contributed by atoms with E-state index in [-0.39, 0.29) is 0 Å². The molecule has 1 aromatic carbocycles. The van der Waals surface area contributed by atoms with Gasteiger partial charge in [-0.2, -0.15) is 0 Å². The van der Waals surface area contributed by atoms with Crippen LogP contribution in [0.2, 0.25) is 0 Å². The van der Waals surface area contributed by atoms with Gasteiger partial charge in [-0.3, -0.25) is 0 Å². The van der Waals surface area contributed by atoms with Crippen LogP contribution in [0.25, 0.3) is 0 Å². The van der Waals surface area contributed by atoms with Crippen LogP contribution in [0, 0.1) is 0 Å². The number of halogens is 1. The first-order valence-electron chi connectivity index (χ1n) is 7.51. The van der Waals surface area contributed by atoms with Gasteiger partial charge in [0, 0.05) is 0 Å². The fourth-order valence-electron chi connectivity index (χ4n) is 3.49. The normalized spacial score (nSPS) is 20.9. The average molecular weight is 324 g/mol. The maximum atomic E-state index is 10.5. The van der Waals surface area contributed by atoms with Crippen molar-refractivity contribution in [2.75, 3.05) is 13.1 Å². The number of phenolic OH excluding ortho intramolecular Hbond substituents is 1. The second kappa shape index (κ2) is 5.84. The van der Waals surface area contributed by atoms with Crippen LogP contribution in [0.5, 0.6) is 5.75 Å². The highest BCUT2D eigenvalue weighted by molar-refractivity contribution is 9.10. The molecule has 1 saturated heterocycles. The molecular formula is C16H22BrNO. The van der Waals surface area contributed by atoms with Gasteiger partial charge in [0.2, 0.25) is 0 Å². The Morgan fingerprint density at radius 3 is 2.63 bits per heavy atom. The lowest BCUT2D eigenvalue weighted by molar-refractivity contribution is 0.421. The molecule has 3 rings (SSSR count). The van der Waals surface area contributed by atoms with E-state index in [9.17, 15) is 5.11 Å². The van der Waals surface area contributed by atoms with Gasteiger partial charge in [-0.1, -0.05) is 12.5 Å². The average Bonchev–Trinajstić information content (AvgIpc) is 2.69. The Balaban J connectivity index is 2.00. The van der Waals surface area contributed by atoms with E-state index >= 15 is 0 Å². The number of nitrogens with one attached hydrogen (secondary N) is 1. The molecule has 0 radical (unpaired) electrons. The summed E-state index contributed by atoms with van der Waals surface area (Å²) in [6, 6.07) is 2.30. The van der Waals surface area contributed by atoms with Crippen LogP contribution in [-0.2, 0) is 12.8 Å². The van der Waals surface area contributed by atoms with Crippen LogP contribution >= 0.6 is 15.9 Å². The highest BCUT2D eigenvalue weighted by Gasteiger charge is 2.23. The maximum absolute atomic E-state index is 10.5. The van der Waals surface area contributed by atoms with Crippen molar-refractivity contribution in [3.63, 3.8) is 0 Å². The molecular weight excluding hydrogens is 302 g/mol. The van der Waals surface area contributed by atoms with Gasteiger partial charge in [-0.25, -0.2) is 0 Å². The Kier molecular flexibility index (Phi) is 4.13. The number of rotatable bonds is 1. The van der Waals surface area contributed by atoms with Gasteiger partial charge in [-0.15, -0.1) is 0 Å². The van der Waals surface area contributed by atoms with E-state index in [0.717, 1.165) is 36.8 Å². The lowest BCUT2D eigenvalue weighted by Gasteiger charge is -2.25. The molecule has 1 aromatic rings. The first-order valence-corrected chi connectivity index (χ1v) is 8.30. The van der Waals surface area contributed by atoms with Crippen LogP contribution in [-0.4, -0.2) is 18.2 Å². The number of benzene rings is 1. The second-order valence-corrected chi connectivity index (χ2v) is 6.64. The predicted octanol–water partition coefficient (Wildman–Crippen LogP) is 3.89. The Bertz CT molecular complexity index is 466. The molecule has 0 amide bonds. The minimum atomic E-state index is 0.507. The summed E-state index contributed by atoms with van der Waals surface area (Å²) in [5, 5.41) is 13.9.